The van der Waals surface area contributed by atoms with Gasteiger partial charge in [-0.25, -0.2) is 4.79 Å². The normalized spacial score (nSPS) is 10.3. The molecule has 0 saturated heterocycles. The first-order chi connectivity index (χ1) is 10.6. The van der Waals surface area contributed by atoms with Crippen LogP contribution in [0.2, 0.25) is 5.02 Å². The smallest absolute Gasteiger partial charge is 0.413 e. The molecule has 1 N–H and O–H groups in total. The van der Waals surface area contributed by atoms with Crippen LogP contribution in [0.3, 0.4) is 0 Å². The summed E-state index contributed by atoms with van der Waals surface area (Å²) >= 11 is 6.82. The quantitative estimate of drug-likeness (QED) is 0.835. The summed E-state index contributed by atoms with van der Waals surface area (Å²) in [7, 11) is 0. The maximum atomic E-state index is 11.5. The van der Waals surface area contributed by atoms with Gasteiger partial charge in [0.15, 0.2) is 0 Å². The standard InChI is InChI=1S/C13H12ClN3O4S/c1-2-20-12(19)15-10(18)7-22-13-17-16-11(21-13)8-3-5-9(14)6-4-8/h3-6H,2,7H2,1H3,(H,15,18,19). The van der Waals surface area contributed by atoms with Crippen LogP contribution < -0.4 is 5.32 Å². The van der Waals surface area contributed by atoms with Gasteiger partial charge in [-0.15, -0.1) is 10.2 Å². The molecule has 22 heavy (non-hydrogen) atoms. The van der Waals surface area contributed by atoms with Gasteiger partial charge in [0.2, 0.25) is 11.8 Å². The summed E-state index contributed by atoms with van der Waals surface area (Å²) < 4.78 is 10.0. The van der Waals surface area contributed by atoms with Crippen LogP contribution in [0.5, 0.6) is 0 Å². The highest BCUT2D eigenvalue weighted by atomic mass is 35.5. The Bertz CT molecular complexity index is 660. The van der Waals surface area contributed by atoms with E-state index < -0.39 is 12.0 Å². The predicted octanol–water partition coefficient (Wildman–Crippen LogP) is 2.75. The number of nitrogens with zero attached hydrogens (tertiary/aromatic N) is 2. The van der Waals surface area contributed by atoms with Crippen LogP contribution in [0.4, 0.5) is 4.79 Å². The lowest BCUT2D eigenvalue weighted by Gasteiger charge is -2.02. The van der Waals surface area contributed by atoms with Crippen molar-refractivity contribution in [3.05, 3.63) is 29.3 Å². The van der Waals surface area contributed by atoms with Crippen LogP contribution in [-0.2, 0) is 9.53 Å². The first kappa shape index (κ1) is 16.3. The van der Waals surface area contributed by atoms with Gasteiger partial charge in [-0.2, -0.15) is 0 Å². The van der Waals surface area contributed by atoms with Crippen LogP contribution in [0.1, 0.15) is 6.92 Å². The molecule has 0 bridgehead atoms. The number of hydrogen-bond donors (Lipinski definition) is 1. The molecule has 0 aliphatic heterocycles. The molecule has 0 aliphatic carbocycles. The number of benzene rings is 1. The third kappa shape index (κ3) is 4.74. The van der Waals surface area contributed by atoms with Gasteiger partial charge in [-0.1, -0.05) is 23.4 Å². The molecule has 1 aromatic heterocycles. The number of carbonyl (C=O) groups excluding carboxylic acids is 2. The molecule has 0 aliphatic rings. The Balaban J connectivity index is 1.88. The fraction of sp³-hybridized carbons (Fsp3) is 0.231. The van der Waals surface area contributed by atoms with E-state index in [0.717, 1.165) is 17.3 Å². The fourth-order valence-electron chi connectivity index (χ4n) is 1.42. The molecular weight excluding hydrogens is 330 g/mol. The van der Waals surface area contributed by atoms with E-state index in [1.165, 1.54) is 0 Å². The number of nitrogens with one attached hydrogen (secondary N) is 1. The first-order valence-electron chi connectivity index (χ1n) is 6.27. The number of aromatic nitrogens is 2. The molecule has 2 amide bonds. The molecule has 0 atom stereocenters. The van der Waals surface area contributed by atoms with Crippen LogP contribution >= 0.6 is 23.4 Å². The van der Waals surface area contributed by atoms with E-state index in [0.29, 0.717) is 10.9 Å². The van der Waals surface area contributed by atoms with E-state index in [9.17, 15) is 9.59 Å². The Morgan fingerprint density at radius 2 is 2.05 bits per heavy atom. The van der Waals surface area contributed by atoms with Crippen molar-refractivity contribution in [2.45, 2.75) is 12.1 Å². The van der Waals surface area contributed by atoms with Crippen molar-refractivity contribution < 1.29 is 18.7 Å². The Morgan fingerprint density at radius 3 is 2.73 bits per heavy atom. The van der Waals surface area contributed by atoms with Gasteiger partial charge < -0.3 is 9.15 Å². The molecule has 1 heterocycles. The Kier molecular flexibility index (Phi) is 5.79. The van der Waals surface area contributed by atoms with Gasteiger partial charge in [0.25, 0.3) is 5.22 Å². The Labute approximate surface area is 135 Å². The van der Waals surface area contributed by atoms with Gasteiger partial charge in [0.1, 0.15) is 0 Å². The Morgan fingerprint density at radius 1 is 1.32 bits per heavy atom. The van der Waals surface area contributed by atoms with Gasteiger partial charge >= 0.3 is 6.09 Å². The minimum absolute atomic E-state index is 0.0406. The van der Waals surface area contributed by atoms with Gasteiger partial charge in [0, 0.05) is 10.6 Å². The number of halogens is 1. The number of thioether (sulfide) groups is 1. The monoisotopic (exact) mass is 341 g/mol. The minimum atomic E-state index is -0.777. The van der Waals surface area contributed by atoms with Gasteiger partial charge in [-0.3, -0.25) is 10.1 Å². The van der Waals surface area contributed by atoms with E-state index in [-0.39, 0.29) is 17.6 Å². The van der Waals surface area contributed by atoms with E-state index in [1.54, 1.807) is 31.2 Å². The summed E-state index contributed by atoms with van der Waals surface area (Å²) in [5.74, 6) is -0.221. The van der Waals surface area contributed by atoms with Crippen LogP contribution in [0.25, 0.3) is 11.5 Å². The summed E-state index contributed by atoms with van der Waals surface area (Å²) in [4.78, 5) is 22.5. The zero-order valence-corrected chi connectivity index (χ0v) is 13.1. The Hall–Kier alpha value is -2.06. The summed E-state index contributed by atoms with van der Waals surface area (Å²) in [5.41, 5.74) is 0.722. The van der Waals surface area contributed by atoms with Crippen LogP contribution in [-0.4, -0.2) is 34.6 Å². The van der Waals surface area contributed by atoms with Gasteiger partial charge in [0.05, 0.1) is 12.4 Å². The van der Waals surface area contributed by atoms with Crippen molar-refractivity contribution in [3.8, 4) is 11.5 Å². The maximum absolute atomic E-state index is 11.5. The van der Waals surface area contributed by atoms with Crippen molar-refractivity contribution >= 4 is 35.4 Å². The predicted molar refractivity (Wildman–Crippen MR) is 80.6 cm³/mol. The molecule has 0 spiro atoms. The van der Waals surface area contributed by atoms with Crippen molar-refractivity contribution in [2.75, 3.05) is 12.4 Å². The lowest BCUT2D eigenvalue weighted by Crippen LogP contribution is -2.32. The van der Waals surface area contributed by atoms with Gasteiger partial charge in [-0.05, 0) is 31.2 Å². The van der Waals surface area contributed by atoms with E-state index >= 15 is 0 Å². The molecule has 0 radical (unpaired) electrons. The lowest BCUT2D eigenvalue weighted by molar-refractivity contribution is -0.117. The second-order valence-electron chi connectivity index (χ2n) is 3.94. The summed E-state index contributed by atoms with van der Waals surface area (Å²) in [6, 6.07) is 6.91. The van der Waals surface area contributed by atoms with E-state index in [4.69, 9.17) is 16.0 Å². The number of imide groups is 1. The largest absolute Gasteiger partial charge is 0.450 e. The molecule has 116 valence electrons. The summed E-state index contributed by atoms with van der Waals surface area (Å²) in [5, 5.41) is 10.6. The highest BCUT2D eigenvalue weighted by Crippen LogP contribution is 2.24. The summed E-state index contributed by atoms with van der Waals surface area (Å²) in [6.45, 7) is 1.84. The molecule has 0 unspecified atom stereocenters. The van der Waals surface area contributed by atoms with E-state index in [2.05, 4.69) is 20.3 Å². The maximum Gasteiger partial charge on any atom is 0.413 e. The first-order valence-corrected chi connectivity index (χ1v) is 7.63. The topological polar surface area (TPSA) is 94.3 Å². The molecule has 9 heteroatoms. The van der Waals surface area contributed by atoms with Crippen molar-refractivity contribution in [1.29, 1.82) is 0 Å². The number of rotatable bonds is 5. The number of hydrogen-bond acceptors (Lipinski definition) is 7. The molecule has 0 fully saturated rings. The zero-order chi connectivity index (χ0) is 15.9. The van der Waals surface area contributed by atoms with Crippen molar-refractivity contribution in [3.63, 3.8) is 0 Å². The lowest BCUT2D eigenvalue weighted by atomic mass is 10.2. The second-order valence-corrected chi connectivity index (χ2v) is 5.30. The summed E-state index contributed by atoms with van der Waals surface area (Å²) in [6.07, 6.45) is -0.777. The number of alkyl carbamates (subject to hydrolysis) is 1. The molecule has 2 rings (SSSR count). The highest BCUT2D eigenvalue weighted by Gasteiger charge is 2.13. The fourth-order valence-corrected chi connectivity index (χ4v) is 2.11. The molecule has 1 aromatic carbocycles. The minimum Gasteiger partial charge on any atom is -0.450 e. The zero-order valence-electron chi connectivity index (χ0n) is 11.5. The number of ether oxygens (including phenoxy) is 1. The average Bonchev–Trinajstić information content (AvgIpc) is 2.95. The second kappa shape index (κ2) is 7.81. The van der Waals surface area contributed by atoms with Crippen LogP contribution in [0, 0.1) is 0 Å². The third-order valence-corrected chi connectivity index (χ3v) is 3.41. The average molecular weight is 342 g/mol. The molecule has 7 nitrogen and oxygen atoms in total. The van der Waals surface area contributed by atoms with Crippen LogP contribution in [0.15, 0.2) is 33.9 Å². The third-order valence-electron chi connectivity index (χ3n) is 2.34. The molecule has 0 saturated carbocycles. The molecular formula is C13H12ClN3O4S. The molecule has 2 aromatic rings. The number of carbonyl (C=O) groups is 2. The highest BCUT2D eigenvalue weighted by molar-refractivity contribution is 7.99. The van der Waals surface area contributed by atoms with Crippen molar-refractivity contribution in [2.24, 2.45) is 0 Å². The SMILES string of the molecule is CCOC(=O)NC(=O)CSc1nnc(-c2ccc(Cl)cc2)o1. The van der Waals surface area contributed by atoms with Crippen molar-refractivity contribution in [1.82, 2.24) is 15.5 Å². The van der Waals surface area contributed by atoms with E-state index in [1.807, 2.05) is 0 Å². The number of amides is 2.